The Bertz CT molecular complexity index is 630. The number of nitrogens with two attached hydrogens (primary N) is 1. The molecule has 0 saturated heterocycles. The molecule has 2 rings (SSSR count). The number of hydrogen-bond donors (Lipinski definition) is 2. The molecule has 1 aromatic heterocycles. The van der Waals surface area contributed by atoms with E-state index in [4.69, 9.17) is 5.73 Å². The van der Waals surface area contributed by atoms with Crippen molar-refractivity contribution in [3.8, 4) is 5.69 Å². The third-order valence-corrected chi connectivity index (χ3v) is 3.72. The van der Waals surface area contributed by atoms with Crippen LogP contribution < -0.4 is 11.1 Å². The fourth-order valence-electron chi connectivity index (χ4n) is 2.41. The number of nitrogens with one attached hydrogen (secondary N) is 1. The van der Waals surface area contributed by atoms with Crippen LogP contribution in [0.2, 0.25) is 0 Å². The van der Waals surface area contributed by atoms with E-state index < -0.39 is 0 Å². The first-order valence-electron chi connectivity index (χ1n) is 8.35. The summed E-state index contributed by atoms with van der Waals surface area (Å²) < 4.78 is 1.88. The van der Waals surface area contributed by atoms with Crippen LogP contribution >= 0.6 is 0 Å². The molecule has 0 fully saturated rings. The topological polar surface area (TPSA) is 68.2 Å². The van der Waals surface area contributed by atoms with Gasteiger partial charge in [0.1, 0.15) is 0 Å². The first-order valence-corrected chi connectivity index (χ1v) is 8.35. The molecule has 5 nitrogen and oxygen atoms in total. The van der Waals surface area contributed by atoms with E-state index in [2.05, 4.69) is 28.4 Å². The quantitative estimate of drug-likeness (QED) is 0.447. The highest BCUT2D eigenvalue weighted by molar-refractivity contribution is 5.77. The number of aromatic nitrogens is 2. The molecule has 0 atom stereocenters. The minimum atomic E-state index is 0.507. The van der Waals surface area contributed by atoms with Crippen molar-refractivity contribution in [3.05, 3.63) is 47.8 Å². The predicted molar refractivity (Wildman–Crippen MR) is 95.8 cm³/mol. The van der Waals surface area contributed by atoms with Crippen LogP contribution in [-0.4, -0.2) is 22.3 Å². The Morgan fingerprint density at radius 1 is 1.22 bits per heavy atom. The van der Waals surface area contributed by atoms with Crippen LogP contribution in [0.4, 0.5) is 0 Å². The van der Waals surface area contributed by atoms with E-state index in [9.17, 15) is 0 Å². The molecule has 0 saturated carbocycles. The first-order chi connectivity index (χ1) is 11.2. The highest BCUT2D eigenvalue weighted by atomic mass is 15.3. The third kappa shape index (κ3) is 5.43. The monoisotopic (exact) mass is 313 g/mol. The van der Waals surface area contributed by atoms with Gasteiger partial charge in [-0.25, -0.2) is 9.67 Å². The average molecular weight is 313 g/mol. The van der Waals surface area contributed by atoms with Crippen LogP contribution in [0.25, 0.3) is 5.69 Å². The number of guanidine groups is 1. The van der Waals surface area contributed by atoms with Gasteiger partial charge in [-0.2, -0.15) is 5.10 Å². The van der Waals surface area contributed by atoms with E-state index in [1.165, 1.54) is 19.3 Å². The molecule has 0 radical (unpaired) electrons. The van der Waals surface area contributed by atoms with Crippen molar-refractivity contribution in [1.82, 2.24) is 15.1 Å². The lowest BCUT2D eigenvalue weighted by Crippen LogP contribution is -2.32. The Morgan fingerprint density at radius 3 is 2.78 bits per heavy atom. The highest BCUT2D eigenvalue weighted by Crippen LogP contribution is 2.15. The number of unbranched alkanes of at least 4 members (excludes halogenated alkanes) is 3. The zero-order chi connectivity index (χ0) is 16.5. The number of nitrogens with zero attached hydrogens (tertiary/aromatic N) is 3. The Balaban J connectivity index is 1.94. The van der Waals surface area contributed by atoms with Crippen molar-refractivity contribution in [3.63, 3.8) is 0 Å². The molecule has 0 spiro atoms. The smallest absolute Gasteiger partial charge is 0.188 e. The van der Waals surface area contributed by atoms with Crippen LogP contribution in [0.5, 0.6) is 0 Å². The van der Waals surface area contributed by atoms with Gasteiger partial charge >= 0.3 is 0 Å². The highest BCUT2D eigenvalue weighted by Gasteiger charge is 2.04. The minimum Gasteiger partial charge on any atom is -0.370 e. The van der Waals surface area contributed by atoms with Gasteiger partial charge < -0.3 is 11.1 Å². The summed E-state index contributed by atoms with van der Waals surface area (Å²) in [7, 11) is 0. The Labute approximate surface area is 138 Å². The summed E-state index contributed by atoms with van der Waals surface area (Å²) in [5.41, 5.74) is 9.09. The molecule has 0 aliphatic rings. The number of aryl methyl sites for hydroxylation is 1. The lowest BCUT2D eigenvalue weighted by Gasteiger charge is -2.09. The maximum atomic E-state index is 5.95. The molecule has 2 aromatic rings. The Kier molecular flexibility index (Phi) is 6.66. The number of benzene rings is 1. The van der Waals surface area contributed by atoms with Gasteiger partial charge in [0, 0.05) is 12.7 Å². The second-order valence-electron chi connectivity index (χ2n) is 5.72. The van der Waals surface area contributed by atoms with Crippen molar-refractivity contribution >= 4 is 5.96 Å². The SMILES string of the molecule is CCCCCCNC(N)=NCc1ccccc1-n1ccc(C)n1. The number of aliphatic imine (C=N–C) groups is 1. The molecular weight excluding hydrogens is 286 g/mol. The minimum absolute atomic E-state index is 0.507. The van der Waals surface area contributed by atoms with Gasteiger partial charge in [0.15, 0.2) is 5.96 Å². The lowest BCUT2D eigenvalue weighted by atomic mass is 10.2. The maximum absolute atomic E-state index is 5.95. The van der Waals surface area contributed by atoms with Gasteiger partial charge in [-0.05, 0) is 31.0 Å². The van der Waals surface area contributed by atoms with Crippen molar-refractivity contribution in [1.29, 1.82) is 0 Å². The lowest BCUT2D eigenvalue weighted by molar-refractivity contribution is 0.652. The van der Waals surface area contributed by atoms with Crippen LogP contribution in [0.3, 0.4) is 0 Å². The zero-order valence-corrected chi connectivity index (χ0v) is 14.1. The largest absolute Gasteiger partial charge is 0.370 e. The van der Waals surface area contributed by atoms with Crippen molar-refractivity contribution in [2.24, 2.45) is 10.7 Å². The number of hydrogen-bond acceptors (Lipinski definition) is 2. The molecule has 0 aliphatic heterocycles. The first kappa shape index (κ1) is 17.1. The molecule has 0 amide bonds. The molecule has 5 heteroatoms. The molecule has 1 heterocycles. The van der Waals surface area contributed by atoms with Crippen LogP contribution in [0.1, 0.15) is 43.9 Å². The summed E-state index contributed by atoms with van der Waals surface area (Å²) >= 11 is 0. The fraction of sp³-hybridized carbons (Fsp3) is 0.444. The van der Waals surface area contributed by atoms with E-state index in [0.29, 0.717) is 12.5 Å². The Hall–Kier alpha value is -2.30. The van der Waals surface area contributed by atoms with E-state index in [0.717, 1.165) is 29.9 Å². The molecule has 3 N–H and O–H groups in total. The summed E-state index contributed by atoms with van der Waals surface area (Å²) in [6.07, 6.45) is 6.85. The summed E-state index contributed by atoms with van der Waals surface area (Å²) in [4.78, 5) is 4.45. The van der Waals surface area contributed by atoms with Crippen LogP contribution in [-0.2, 0) is 6.54 Å². The molecule has 1 aromatic carbocycles. The summed E-state index contributed by atoms with van der Waals surface area (Å²) in [5.74, 6) is 0.507. The summed E-state index contributed by atoms with van der Waals surface area (Å²) in [6, 6.07) is 10.1. The Morgan fingerprint density at radius 2 is 2.04 bits per heavy atom. The van der Waals surface area contributed by atoms with Gasteiger partial charge in [-0.15, -0.1) is 0 Å². The number of rotatable bonds is 8. The summed E-state index contributed by atoms with van der Waals surface area (Å²) in [6.45, 7) is 5.62. The van der Waals surface area contributed by atoms with Gasteiger partial charge in [0.2, 0.25) is 0 Å². The molecule has 23 heavy (non-hydrogen) atoms. The van der Waals surface area contributed by atoms with E-state index in [-0.39, 0.29) is 0 Å². The predicted octanol–water partition coefficient (Wildman–Crippen LogP) is 3.17. The van der Waals surface area contributed by atoms with Gasteiger partial charge in [0.25, 0.3) is 0 Å². The fourth-order valence-corrected chi connectivity index (χ4v) is 2.41. The second-order valence-corrected chi connectivity index (χ2v) is 5.72. The van der Waals surface area contributed by atoms with Crippen molar-refractivity contribution < 1.29 is 0 Å². The molecular formula is C18H27N5. The van der Waals surface area contributed by atoms with Gasteiger partial charge in [-0.3, -0.25) is 0 Å². The van der Waals surface area contributed by atoms with E-state index in [1.54, 1.807) is 0 Å². The average Bonchev–Trinajstić information content (AvgIpc) is 2.99. The zero-order valence-electron chi connectivity index (χ0n) is 14.1. The molecule has 0 aliphatic carbocycles. The third-order valence-electron chi connectivity index (χ3n) is 3.72. The normalized spacial score (nSPS) is 11.7. The molecule has 0 bridgehead atoms. The van der Waals surface area contributed by atoms with Crippen LogP contribution in [0.15, 0.2) is 41.5 Å². The van der Waals surface area contributed by atoms with Crippen molar-refractivity contribution in [2.75, 3.05) is 6.54 Å². The second kappa shape index (κ2) is 8.98. The standard InChI is InChI=1S/C18H27N5/c1-3-4-5-8-12-20-18(19)21-14-16-9-6-7-10-17(16)23-13-11-15(2)22-23/h6-7,9-11,13H,3-5,8,12,14H2,1-2H3,(H3,19,20,21). The molecule has 0 unspecified atom stereocenters. The molecule has 124 valence electrons. The number of para-hydroxylation sites is 1. The van der Waals surface area contributed by atoms with E-state index >= 15 is 0 Å². The van der Waals surface area contributed by atoms with Gasteiger partial charge in [0.05, 0.1) is 17.9 Å². The van der Waals surface area contributed by atoms with Crippen LogP contribution in [0, 0.1) is 6.92 Å². The maximum Gasteiger partial charge on any atom is 0.188 e. The summed E-state index contributed by atoms with van der Waals surface area (Å²) in [5, 5.41) is 7.65. The van der Waals surface area contributed by atoms with Crippen molar-refractivity contribution in [2.45, 2.75) is 46.1 Å². The van der Waals surface area contributed by atoms with Gasteiger partial charge in [-0.1, -0.05) is 44.4 Å². The van der Waals surface area contributed by atoms with E-state index in [1.807, 2.05) is 42.1 Å².